The van der Waals surface area contributed by atoms with Gasteiger partial charge in [-0.3, -0.25) is 9.69 Å². The molecule has 1 saturated carbocycles. The Bertz CT molecular complexity index is 1330. The van der Waals surface area contributed by atoms with Gasteiger partial charge in [0.25, 0.3) is 0 Å². The van der Waals surface area contributed by atoms with Crippen molar-refractivity contribution in [2.24, 2.45) is 5.92 Å². The molecule has 1 fully saturated rings. The minimum atomic E-state index is -0.510. The molecule has 232 valence electrons. The van der Waals surface area contributed by atoms with Crippen molar-refractivity contribution in [2.45, 2.75) is 91.1 Å². The number of halogens is 1. The van der Waals surface area contributed by atoms with E-state index in [0.717, 1.165) is 49.8 Å². The fourth-order valence-electron chi connectivity index (χ4n) is 6.12. The fourth-order valence-corrected chi connectivity index (χ4v) is 6.12. The number of phenols is 1. The van der Waals surface area contributed by atoms with Crippen LogP contribution in [0.5, 0.6) is 17.2 Å². The lowest BCUT2D eigenvalue weighted by Crippen LogP contribution is -2.38. The van der Waals surface area contributed by atoms with Crippen molar-refractivity contribution in [3.63, 3.8) is 0 Å². The fraction of sp³-hybridized carbons (Fsp3) is 0.444. The summed E-state index contributed by atoms with van der Waals surface area (Å²) < 4.78 is 11.6. The second-order valence-corrected chi connectivity index (χ2v) is 12.0. The predicted octanol–water partition coefficient (Wildman–Crippen LogP) is 8.47. The number of hydrogen-bond donors (Lipinski definition) is 1. The first-order valence-corrected chi connectivity index (χ1v) is 15.3. The van der Waals surface area contributed by atoms with E-state index in [9.17, 15) is 14.7 Å². The summed E-state index contributed by atoms with van der Waals surface area (Å²) in [6.45, 7) is 11.5. The zero-order valence-corrected chi connectivity index (χ0v) is 26.9. The summed E-state index contributed by atoms with van der Waals surface area (Å²) in [5.74, 6) is 0.163. The standard InChI is InChI=1S/C36H45NO5.ClH/c1-24(2)37(25(3)4)23-22-31(27-12-8-6-9-13-27)34-26(5)32(38)20-21-33(34)42-36(40)29-16-18-30(19-17-29)41-35(39)28-14-10-7-11-15-28;/h6,8-9,12-13,16-21,24-25,28,31,38H,7,10-11,14-15,22-23H2,1-5H3;1H/t31-;/m1./s1. The molecule has 6 nitrogen and oxygen atoms in total. The normalized spacial score (nSPS) is 14.4. The minimum absolute atomic E-state index is 0. The Morgan fingerprint density at radius 1 is 0.860 bits per heavy atom. The van der Waals surface area contributed by atoms with Gasteiger partial charge in [0.1, 0.15) is 17.2 Å². The van der Waals surface area contributed by atoms with E-state index in [4.69, 9.17) is 9.47 Å². The molecule has 3 aromatic carbocycles. The lowest BCUT2D eigenvalue weighted by atomic mass is 9.84. The summed E-state index contributed by atoms with van der Waals surface area (Å²) in [5.41, 5.74) is 2.95. The third-order valence-electron chi connectivity index (χ3n) is 8.45. The average Bonchev–Trinajstić information content (AvgIpc) is 2.99. The number of nitrogens with zero attached hydrogens (tertiary/aromatic N) is 1. The van der Waals surface area contributed by atoms with Crippen LogP contribution in [0.3, 0.4) is 0 Å². The first-order chi connectivity index (χ1) is 20.2. The van der Waals surface area contributed by atoms with E-state index in [0.29, 0.717) is 34.7 Å². The van der Waals surface area contributed by atoms with Crippen LogP contribution in [-0.2, 0) is 4.79 Å². The SMILES string of the molecule is Cc1c(O)ccc(OC(=O)c2ccc(OC(=O)C3CCCCC3)cc2)c1[C@H](CCN(C(C)C)C(C)C)c1ccccc1.Cl. The van der Waals surface area contributed by atoms with Crippen LogP contribution in [0.4, 0.5) is 0 Å². The maximum absolute atomic E-state index is 13.3. The molecule has 0 aliphatic heterocycles. The lowest BCUT2D eigenvalue weighted by molar-refractivity contribution is -0.139. The molecule has 0 spiro atoms. The lowest BCUT2D eigenvalue weighted by Gasteiger charge is -2.33. The van der Waals surface area contributed by atoms with Gasteiger partial charge in [-0.15, -0.1) is 12.4 Å². The van der Waals surface area contributed by atoms with Crippen molar-refractivity contribution in [3.05, 3.63) is 89.0 Å². The van der Waals surface area contributed by atoms with Gasteiger partial charge in [-0.2, -0.15) is 0 Å². The maximum atomic E-state index is 13.3. The Balaban J connectivity index is 0.00000506. The topological polar surface area (TPSA) is 76.1 Å². The largest absolute Gasteiger partial charge is 0.508 e. The van der Waals surface area contributed by atoms with Gasteiger partial charge in [0.2, 0.25) is 0 Å². The number of ether oxygens (including phenoxy) is 2. The molecule has 0 heterocycles. The predicted molar refractivity (Wildman–Crippen MR) is 174 cm³/mol. The number of carbonyl (C=O) groups is 2. The Hall–Kier alpha value is -3.35. The third-order valence-corrected chi connectivity index (χ3v) is 8.45. The Labute approximate surface area is 262 Å². The number of esters is 2. The molecule has 43 heavy (non-hydrogen) atoms. The number of benzene rings is 3. The van der Waals surface area contributed by atoms with Crippen molar-refractivity contribution >= 4 is 24.3 Å². The molecular formula is C36H46ClNO5. The van der Waals surface area contributed by atoms with Gasteiger partial charge in [-0.25, -0.2) is 4.79 Å². The zero-order chi connectivity index (χ0) is 30.2. The summed E-state index contributed by atoms with van der Waals surface area (Å²) in [7, 11) is 0. The van der Waals surface area contributed by atoms with E-state index in [2.05, 4.69) is 44.7 Å². The first kappa shape index (κ1) is 34.1. The van der Waals surface area contributed by atoms with Crippen LogP contribution in [0.25, 0.3) is 0 Å². The molecule has 3 aromatic rings. The molecule has 0 radical (unpaired) electrons. The highest BCUT2D eigenvalue weighted by Gasteiger charge is 2.27. The van der Waals surface area contributed by atoms with Crippen LogP contribution in [0.15, 0.2) is 66.7 Å². The van der Waals surface area contributed by atoms with Gasteiger partial charge in [0.05, 0.1) is 11.5 Å². The number of aromatic hydroxyl groups is 1. The van der Waals surface area contributed by atoms with Crippen LogP contribution in [-0.4, -0.2) is 40.6 Å². The molecule has 0 saturated heterocycles. The Morgan fingerprint density at radius 2 is 1.49 bits per heavy atom. The highest BCUT2D eigenvalue weighted by molar-refractivity contribution is 5.91. The highest BCUT2D eigenvalue weighted by Crippen LogP contribution is 2.41. The number of rotatable bonds is 11. The van der Waals surface area contributed by atoms with Crippen LogP contribution in [0.1, 0.15) is 99.2 Å². The summed E-state index contributed by atoms with van der Waals surface area (Å²) in [5, 5.41) is 10.7. The zero-order valence-electron chi connectivity index (χ0n) is 26.0. The molecule has 0 amide bonds. The quantitative estimate of drug-likeness (QED) is 0.174. The highest BCUT2D eigenvalue weighted by atomic mass is 35.5. The number of carbonyl (C=O) groups excluding carboxylic acids is 2. The van der Waals surface area contributed by atoms with Crippen molar-refractivity contribution in [2.75, 3.05) is 6.54 Å². The van der Waals surface area contributed by atoms with E-state index < -0.39 is 5.97 Å². The van der Waals surface area contributed by atoms with Gasteiger partial charge >= 0.3 is 11.9 Å². The van der Waals surface area contributed by atoms with Crippen LogP contribution < -0.4 is 9.47 Å². The van der Waals surface area contributed by atoms with Crippen LogP contribution >= 0.6 is 12.4 Å². The van der Waals surface area contributed by atoms with Crippen LogP contribution in [0.2, 0.25) is 0 Å². The minimum Gasteiger partial charge on any atom is -0.508 e. The van der Waals surface area contributed by atoms with Crippen LogP contribution in [0, 0.1) is 12.8 Å². The van der Waals surface area contributed by atoms with Gasteiger partial charge in [0.15, 0.2) is 0 Å². The molecule has 1 N–H and O–H groups in total. The molecule has 7 heteroatoms. The molecule has 1 atom stereocenters. The number of phenolic OH excluding ortho intramolecular Hbond substituents is 1. The number of hydrogen-bond acceptors (Lipinski definition) is 6. The van der Waals surface area contributed by atoms with Gasteiger partial charge in [-0.1, -0.05) is 49.6 Å². The molecule has 0 unspecified atom stereocenters. The summed E-state index contributed by atoms with van der Waals surface area (Å²) in [6, 6.07) is 20.7. The molecule has 4 rings (SSSR count). The first-order valence-electron chi connectivity index (χ1n) is 15.3. The van der Waals surface area contributed by atoms with Gasteiger partial charge in [-0.05, 0) is 108 Å². The maximum Gasteiger partial charge on any atom is 0.343 e. The van der Waals surface area contributed by atoms with Crippen molar-refractivity contribution in [3.8, 4) is 17.2 Å². The van der Waals surface area contributed by atoms with E-state index in [1.165, 1.54) is 6.42 Å². The Kier molecular flexibility index (Phi) is 12.6. The average molecular weight is 608 g/mol. The van der Waals surface area contributed by atoms with Crippen molar-refractivity contribution in [1.29, 1.82) is 0 Å². The van der Waals surface area contributed by atoms with Gasteiger partial charge < -0.3 is 14.6 Å². The molecule has 1 aliphatic carbocycles. The van der Waals surface area contributed by atoms with E-state index in [-0.39, 0.29) is 36.0 Å². The summed E-state index contributed by atoms with van der Waals surface area (Å²) >= 11 is 0. The summed E-state index contributed by atoms with van der Waals surface area (Å²) in [4.78, 5) is 28.3. The second kappa shape index (κ2) is 15.9. The van der Waals surface area contributed by atoms with E-state index in [1.54, 1.807) is 36.4 Å². The molecule has 1 aliphatic rings. The molecular weight excluding hydrogens is 562 g/mol. The van der Waals surface area contributed by atoms with Crippen molar-refractivity contribution < 1.29 is 24.2 Å². The summed E-state index contributed by atoms with van der Waals surface area (Å²) in [6.07, 6.45) is 5.81. The van der Waals surface area contributed by atoms with E-state index >= 15 is 0 Å². The van der Waals surface area contributed by atoms with Gasteiger partial charge in [0, 0.05) is 23.6 Å². The Morgan fingerprint density at radius 3 is 2.09 bits per heavy atom. The molecule has 0 aromatic heterocycles. The molecule has 0 bridgehead atoms. The van der Waals surface area contributed by atoms with E-state index in [1.807, 2.05) is 25.1 Å². The third kappa shape index (κ3) is 8.84. The smallest absolute Gasteiger partial charge is 0.343 e. The monoisotopic (exact) mass is 607 g/mol. The van der Waals surface area contributed by atoms with Crippen molar-refractivity contribution in [1.82, 2.24) is 4.90 Å². The second-order valence-electron chi connectivity index (χ2n) is 12.0.